The van der Waals surface area contributed by atoms with Gasteiger partial charge in [-0.15, -0.1) is 11.3 Å². The normalized spacial score (nSPS) is 23.0. The Hall–Kier alpha value is -1.46. The number of piperazine rings is 1. The second-order valence-electron chi connectivity index (χ2n) is 6.03. The average molecular weight is 303 g/mol. The van der Waals surface area contributed by atoms with Crippen molar-refractivity contribution in [3.8, 4) is 0 Å². The van der Waals surface area contributed by atoms with E-state index in [0.29, 0.717) is 0 Å². The van der Waals surface area contributed by atoms with E-state index in [1.165, 1.54) is 10.3 Å². The van der Waals surface area contributed by atoms with Gasteiger partial charge in [0.1, 0.15) is 0 Å². The van der Waals surface area contributed by atoms with Crippen molar-refractivity contribution in [2.75, 3.05) is 13.1 Å². The molecule has 21 heavy (non-hydrogen) atoms. The van der Waals surface area contributed by atoms with Gasteiger partial charge in [-0.2, -0.15) is 0 Å². The van der Waals surface area contributed by atoms with E-state index >= 15 is 0 Å². The molecule has 112 valence electrons. The maximum atomic E-state index is 12.3. The fourth-order valence-electron chi connectivity index (χ4n) is 2.82. The molecule has 0 aliphatic carbocycles. The lowest BCUT2D eigenvalue weighted by Crippen LogP contribution is -2.54. The van der Waals surface area contributed by atoms with E-state index in [0.717, 1.165) is 18.6 Å². The monoisotopic (exact) mass is 303 g/mol. The van der Waals surface area contributed by atoms with E-state index in [1.807, 2.05) is 24.3 Å². The molecule has 5 heteroatoms. The zero-order valence-corrected chi connectivity index (χ0v) is 13.5. The van der Waals surface area contributed by atoms with Crippen molar-refractivity contribution in [2.45, 2.75) is 32.9 Å². The van der Waals surface area contributed by atoms with Crippen LogP contribution in [0, 0.1) is 5.92 Å². The molecule has 1 saturated heterocycles. The van der Waals surface area contributed by atoms with Crippen molar-refractivity contribution >= 4 is 27.5 Å². The minimum Gasteiger partial charge on any atom is -0.337 e. The zero-order chi connectivity index (χ0) is 15.0. The number of carbonyl (C=O) groups is 1. The third-order valence-corrected chi connectivity index (χ3v) is 4.91. The molecule has 2 heterocycles. The predicted octanol–water partition coefficient (Wildman–Crippen LogP) is 2.81. The third kappa shape index (κ3) is 2.80. The maximum Gasteiger partial charge on any atom is 0.225 e. The standard InChI is InChI=1S/C16H21N3OS/c1-10(2)16(20)19-8-14(17-7-11(19)3)12-4-5-15-13(6-12)18-9-21-15/h4-6,9-11,14,17H,7-8H2,1-3H3/t11-,14-/m0/s1. The molecule has 1 aromatic heterocycles. The molecule has 1 aliphatic rings. The number of thiazole rings is 1. The van der Waals surface area contributed by atoms with E-state index in [-0.39, 0.29) is 23.9 Å². The van der Waals surface area contributed by atoms with Gasteiger partial charge in [0.15, 0.2) is 0 Å². The van der Waals surface area contributed by atoms with Crippen LogP contribution in [0.5, 0.6) is 0 Å². The first-order valence-corrected chi connectivity index (χ1v) is 8.31. The highest BCUT2D eigenvalue weighted by Gasteiger charge is 2.30. The van der Waals surface area contributed by atoms with Crippen LogP contribution in [0.2, 0.25) is 0 Å². The second-order valence-corrected chi connectivity index (χ2v) is 6.92. The molecule has 2 aromatic rings. The first-order valence-electron chi connectivity index (χ1n) is 7.43. The van der Waals surface area contributed by atoms with Gasteiger partial charge < -0.3 is 10.2 Å². The summed E-state index contributed by atoms with van der Waals surface area (Å²) in [5, 5.41) is 3.55. The molecule has 1 N–H and O–H groups in total. The van der Waals surface area contributed by atoms with E-state index in [9.17, 15) is 4.79 Å². The number of aromatic nitrogens is 1. The van der Waals surface area contributed by atoms with E-state index in [4.69, 9.17) is 0 Å². The van der Waals surface area contributed by atoms with Crippen LogP contribution in [0.4, 0.5) is 0 Å². The summed E-state index contributed by atoms with van der Waals surface area (Å²) in [6.45, 7) is 7.60. The van der Waals surface area contributed by atoms with Crippen molar-refractivity contribution in [3.05, 3.63) is 29.3 Å². The van der Waals surface area contributed by atoms with Crippen LogP contribution < -0.4 is 5.32 Å². The van der Waals surface area contributed by atoms with Gasteiger partial charge in [0.2, 0.25) is 5.91 Å². The number of hydrogen-bond donors (Lipinski definition) is 1. The number of fused-ring (bicyclic) bond motifs is 1. The van der Waals surface area contributed by atoms with E-state index in [2.05, 4.69) is 35.4 Å². The number of hydrogen-bond acceptors (Lipinski definition) is 4. The molecule has 1 aromatic carbocycles. The van der Waals surface area contributed by atoms with E-state index in [1.54, 1.807) is 11.3 Å². The summed E-state index contributed by atoms with van der Waals surface area (Å²) in [5.74, 6) is 0.288. The molecule has 3 rings (SSSR count). The molecule has 0 radical (unpaired) electrons. The first kappa shape index (κ1) is 14.5. The van der Waals surface area contributed by atoms with Gasteiger partial charge in [0.25, 0.3) is 0 Å². The summed E-state index contributed by atoms with van der Waals surface area (Å²) < 4.78 is 1.21. The van der Waals surface area contributed by atoms with Crippen molar-refractivity contribution in [1.29, 1.82) is 0 Å². The molecule has 1 amide bonds. The Kier molecular flexibility index (Phi) is 3.95. The Morgan fingerprint density at radius 1 is 1.48 bits per heavy atom. The highest BCUT2D eigenvalue weighted by Crippen LogP contribution is 2.25. The predicted molar refractivity (Wildman–Crippen MR) is 86.4 cm³/mol. The molecule has 2 atom stereocenters. The molecule has 0 spiro atoms. The molecule has 1 aliphatic heterocycles. The molecule has 0 saturated carbocycles. The van der Waals surface area contributed by atoms with Crippen LogP contribution in [0.3, 0.4) is 0 Å². The Balaban J connectivity index is 1.83. The number of rotatable bonds is 2. The SMILES string of the molecule is CC(C)C(=O)N1C[C@@H](c2ccc3scnc3c2)NC[C@@H]1C. The number of benzene rings is 1. The number of amides is 1. The van der Waals surface area contributed by atoms with Crippen LogP contribution in [-0.2, 0) is 4.79 Å². The van der Waals surface area contributed by atoms with Crippen LogP contribution in [0.25, 0.3) is 10.2 Å². The van der Waals surface area contributed by atoms with Crippen molar-refractivity contribution in [3.63, 3.8) is 0 Å². The quantitative estimate of drug-likeness (QED) is 0.928. The Morgan fingerprint density at radius 2 is 2.29 bits per heavy atom. The van der Waals surface area contributed by atoms with Gasteiger partial charge in [-0.25, -0.2) is 4.98 Å². The highest BCUT2D eigenvalue weighted by molar-refractivity contribution is 7.16. The van der Waals surface area contributed by atoms with Crippen LogP contribution in [0.15, 0.2) is 23.7 Å². The van der Waals surface area contributed by atoms with Crippen LogP contribution >= 0.6 is 11.3 Å². The maximum absolute atomic E-state index is 12.3. The summed E-state index contributed by atoms with van der Waals surface area (Å²) in [4.78, 5) is 18.7. The number of nitrogens with zero attached hydrogens (tertiary/aromatic N) is 2. The highest BCUT2D eigenvalue weighted by atomic mass is 32.1. The van der Waals surface area contributed by atoms with Gasteiger partial charge >= 0.3 is 0 Å². The summed E-state index contributed by atoms with van der Waals surface area (Å²) in [6.07, 6.45) is 0. The minimum atomic E-state index is 0.0484. The van der Waals surface area contributed by atoms with Gasteiger partial charge in [-0.1, -0.05) is 19.9 Å². The Labute approximate surface area is 129 Å². The summed E-state index contributed by atoms with van der Waals surface area (Å²) in [5.41, 5.74) is 4.13. The molecular formula is C16H21N3OS. The fraction of sp³-hybridized carbons (Fsp3) is 0.500. The smallest absolute Gasteiger partial charge is 0.225 e. The molecular weight excluding hydrogens is 282 g/mol. The number of nitrogens with one attached hydrogen (secondary N) is 1. The molecule has 0 unspecified atom stereocenters. The average Bonchev–Trinajstić information content (AvgIpc) is 2.94. The van der Waals surface area contributed by atoms with Crippen LogP contribution in [-0.4, -0.2) is 34.9 Å². The molecule has 0 bridgehead atoms. The lowest BCUT2D eigenvalue weighted by molar-refractivity contribution is -0.138. The molecule has 1 fully saturated rings. The number of carbonyl (C=O) groups excluding carboxylic acids is 1. The zero-order valence-electron chi connectivity index (χ0n) is 12.7. The van der Waals surface area contributed by atoms with Crippen LogP contribution in [0.1, 0.15) is 32.4 Å². The van der Waals surface area contributed by atoms with Gasteiger partial charge in [-0.05, 0) is 24.6 Å². The lowest BCUT2D eigenvalue weighted by Gasteiger charge is -2.40. The summed E-state index contributed by atoms with van der Waals surface area (Å²) in [6, 6.07) is 6.84. The summed E-state index contributed by atoms with van der Waals surface area (Å²) >= 11 is 1.66. The fourth-order valence-corrected chi connectivity index (χ4v) is 3.48. The van der Waals surface area contributed by atoms with Crippen molar-refractivity contribution < 1.29 is 4.79 Å². The first-order chi connectivity index (χ1) is 10.1. The van der Waals surface area contributed by atoms with E-state index < -0.39 is 0 Å². The van der Waals surface area contributed by atoms with Gasteiger partial charge in [0.05, 0.1) is 21.8 Å². The Bertz CT molecular complexity index is 652. The Morgan fingerprint density at radius 3 is 3.05 bits per heavy atom. The third-order valence-electron chi connectivity index (χ3n) is 4.10. The van der Waals surface area contributed by atoms with Gasteiger partial charge in [-0.3, -0.25) is 4.79 Å². The van der Waals surface area contributed by atoms with Crippen molar-refractivity contribution in [1.82, 2.24) is 15.2 Å². The topological polar surface area (TPSA) is 45.2 Å². The lowest BCUT2D eigenvalue weighted by atomic mass is 10.0. The minimum absolute atomic E-state index is 0.0484. The summed E-state index contributed by atoms with van der Waals surface area (Å²) in [7, 11) is 0. The van der Waals surface area contributed by atoms with Gasteiger partial charge in [0, 0.05) is 25.0 Å². The molecule has 4 nitrogen and oxygen atoms in total. The van der Waals surface area contributed by atoms with Crippen molar-refractivity contribution in [2.24, 2.45) is 5.92 Å². The largest absolute Gasteiger partial charge is 0.337 e. The second kappa shape index (κ2) is 5.73.